The van der Waals surface area contributed by atoms with E-state index in [-0.39, 0.29) is 18.5 Å². The summed E-state index contributed by atoms with van der Waals surface area (Å²) in [5.41, 5.74) is 3.65. The molecule has 1 aliphatic rings. The molecular weight excluding hydrogens is 558 g/mol. The van der Waals surface area contributed by atoms with Crippen LogP contribution in [-0.2, 0) is 32.6 Å². The molecule has 1 saturated carbocycles. The molecule has 1 N–H and O–H groups in total. The lowest BCUT2D eigenvalue weighted by Crippen LogP contribution is -2.54. The first-order valence-electron chi connectivity index (χ1n) is 13.9. The minimum absolute atomic E-state index is 0.0652. The second-order valence-corrected chi connectivity index (χ2v) is 13.2. The van der Waals surface area contributed by atoms with Gasteiger partial charge in [0.1, 0.15) is 12.6 Å². The van der Waals surface area contributed by atoms with Crippen molar-refractivity contribution in [1.29, 1.82) is 0 Å². The van der Waals surface area contributed by atoms with Crippen molar-refractivity contribution in [2.45, 2.75) is 64.6 Å². The van der Waals surface area contributed by atoms with Gasteiger partial charge in [0.25, 0.3) is 0 Å². The Bertz CT molecular complexity index is 1440. The van der Waals surface area contributed by atoms with E-state index >= 15 is 0 Å². The Balaban J connectivity index is 1.74. The SMILES string of the molecule is Cc1cccc(C)c1N(CC(=O)N(Cc1ccc(Cl)cc1)C(Cc1ccccc1)C(=O)NC1CCCC1)S(C)(=O)=O. The summed E-state index contributed by atoms with van der Waals surface area (Å²) in [6, 6.07) is 21.4. The fourth-order valence-corrected chi connectivity index (χ4v) is 6.57. The highest BCUT2D eigenvalue weighted by molar-refractivity contribution is 7.92. The predicted molar refractivity (Wildman–Crippen MR) is 164 cm³/mol. The average molecular weight is 596 g/mol. The van der Waals surface area contributed by atoms with Crippen molar-refractivity contribution in [2.24, 2.45) is 0 Å². The minimum Gasteiger partial charge on any atom is -0.352 e. The lowest BCUT2D eigenvalue weighted by atomic mass is 10.0. The largest absolute Gasteiger partial charge is 0.352 e. The number of hydrogen-bond acceptors (Lipinski definition) is 4. The van der Waals surface area contributed by atoms with E-state index in [9.17, 15) is 18.0 Å². The lowest BCUT2D eigenvalue weighted by Gasteiger charge is -2.34. The number of anilines is 1. The van der Waals surface area contributed by atoms with Gasteiger partial charge in [-0.15, -0.1) is 0 Å². The molecule has 41 heavy (non-hydrogen) atoms. The number of rotatable bonds is 11. The Hall–Kier alpha value is -3.36. The topological polar surface area (TPSA) is 86.8 Å². The van der Waals surface area contributed by atoms with Crippen LogP contribution in [0.25, 0.3) is 0 Å². The maximum atomic E-state index is 14.3. The number of carbonyl (C=O) groups is 2. The molecule has 9 heteroatoms. The van der Waals surface area contributed by atoms with E-state index < -0.39 is 28.5 Å². The van der Waals surface area contributed by atoms with E-state index in [1.807, 2.05) is 74.5 Å². The molecule has 2 amide bonds. The van der Waals surface area contributed by atoms with Crippen LogP contribution in [0, 0.1) is 13.8 Å². The average Bonchev–Trinajstić information content (AvgIpc) is 3.44. The van der Waals surface area contributed by atoms with Crippen molar-refractivity contribution in [3.05, 3.63) is 100 Å². The van der Waals surface area contributed by atoms with E-state index in [2.05, 4.69) is 5.32 Å². The molecule has 0 aromatic heterocycles. The van der Waals surface area contributed by atoms with Crippen LogP contribution in [0.1, 0.15) is 47.9 Å². The van der Waals surface area contributed by atoms with Crippen molar-refractivity contribution in [3.63, 3.8) is 0 Å². The molecule has 7 nitrogen and oxygen atoms in total. The number of para-hydroxylation sites is 1. The first-order valence-corrected chi connectivity index (χ1v) is 16.2. The van der Waals surface area contributed by atoms with Gasteiger partial charge in [-0.25, -0.2) is 8.42 Å². The summed E-state index contributed by atoms with van der Waals surface area (Å²) >= 11 is 6.12. The maximum Gasteiger partial charge on any atom is 0.244 e. The Morgan fingerprint density at radius 3 is 2.10 bits per heavy atom. The van der Waals surface area contributed by atoms with Gasteiger partial charge in [0, 0.05) is 24.0 Å². The van der Waals surface area contributed by atoms with E-state index in [0.29, 0.717) is 17.1 Å². The molecule has 1 aliphatic carbocycles. The number of nitrogens with zero attached hydrogens (tertiary/aromatic N) is 2. The van der Waals surface area contributed by atoms with E-state index in [1.54, 1.807) is 12.1 Å². The zero-order chi connectivity index (χ0) is 29.6. The van der Waals surface area contributed by atoms with E-state index in [0.717, 1.165) is 58.5 Å². The summed E-state index contributed by atoms with van der Waals surface area (Å²) < 4.78 is 27.3. The van der Waals surface area contributed by atoms with Gasteiger partial charge in [0.05, 0.1) is 11.9 Å². The number of aryl methyl sites for hydroxylation is 2. The van der Waals surface area contributed by atoms with Crippen LogP contribution in [0.5, 0.6) is 0 Å². The summed E-state index contributed by atoms with van der Waals surface area (Å²) in [5.74, 6) is -0.698. The van der Waals surface area contributed by atoms with Gasteiger partial charge in [0.2, 0.25) is 21.8 Å². The summed E-state index contributed by atoms with van der Waals surface area (Å²) in [5, 5.41) is 3.74. The van der Waals surface area contributed by atoms with Gasteiger partial charge in [-0.1, -0.05) is 85.1 Å². The Kier molecular flexibility index (Phi) is 10.1. The highest BCUT2D eigenvalue weighted by Crippen LogP contribution is 2.28. The van der Waals surface area contributed by atoms with Crippen LogP contribution in [0.3, 0.4) is 0 Å². The molecule has 0 spiro atoms. The zero-order valence-corrected chi connectivity index (χ0v) is 25.4. The molecule has 0 radical (unpaired) electrons. The number of benzene rings is 3. The quantitative estimate of drug-likeness (QED) is 0.321. The molecule has 1 unspecified atom stereocenters. The van der Waals surface area contributed by atoms with E-state index in [1.165, 1.54) is 4.90 Å². The van der Waals surface area contributed by atoms with Crippen molar-refractivity contribution in [2.75, 3.05) is 17.1 Å². The molecule has 3 aromatic rings. The number of amides is 2. The second-order valence-electron chi connectivity index (χ2n) is 10.9. The Morgan fingerprint density at radius 2 is 1.51 bits per heavy atom. The molecule has 0 bridgehead atoms. The van der Waals surface area contributed by atoms with Gasteiger partial charge in [0.15, 0.2) is 0 Å². The van der Waals surface area contributed by atoms with Crippen LogP contribution >= 0.6 is 11.6 Å². The van der Waals surface area contributed by atoms with Crippen molar-refractivity contribution in [3.8, 4) is 0 Å². The number of carbonyl (C=O) groups excluding carboxylic acids is 2. The van der Waals surface area contributed by atoms with Gasteiger partial charge in [-0.05, 0) is 61.1 Å². The molecule has 0 heterocycles. The molecule has 1 atom stereocenters. The molecule has 3 aromatic carbocycles. The first kappa shape index (κ1) is 30.6. The van der Waals surface area contributed by atoms with Crippen LogP contribution in [0.2, 0.25) is 5.02 Å². The first-order chi connectivity index (χ1) is 19.5. The smallest absolute Gasteiger partial charge is 0.244 e. The fourth-order valence-electron chi connectivity index (χ4n) is 5.48. The normalized spacial score (nSPS) is 14.4. The summed E-state index contributed by atoms with van der Waals surface area (Å²) in [7, 11) is -3.83. The summed E-state index contributed by atoms with van der Waals surface area (Å²) in [4.78, 5) is 29.7. The van der Waals surface area contributed by atoms with Crippen LogP contribution in [-0.4, -0.2) is 50.0 Å². The molecule has 4 rings (SSSR count). The van der Waals surface area contributed by atoms with Crippen molar-refractivity contribution >= 4 is 39.1 Å². The van der Waals surface area contributed by atoms with Gasteiger partial charge in [-0.2, -0.15) is 0 Å². The van der Waals surface area contributed by atoms with E-state index in [4.69, 9.17) is 11.6 Å². The van der Waals surface area contributed by atoms with Gasteiger partial charge < -0.3 is 10.2 Å². The third kappa shape index (κ3) is 8.11. The maximum absolute atomic E-state index is 14.3. The molecule has 1 fully saturated rings. The highest BCUT2D eigenvalue weighted by Gasteiger charge is 2.34. The third-order valence-electron chi connectivity index (χ3n) is 7.61. The number of halogens is 1. The minimum atomic E-state index is -3.83. The summed E-state index contributed by atoms with van der Waals surface area (Å²) in [6.07, 6.45) is 5.32. The highest BCUT2D eigenvalue weighted by atomic mass is 35.5. The van der Waals surface area contributed by atoms with Crippen molar-refractivity contribution in [1.82, 2.24) is 10.2 Å². The van der Waals surface area contributed by atoms with Crippen LogP contribution in [0.4, 0.5) is 5.69 Å². The third-order valence-corrected chi connectivity index (χ3v) is 8.97. The lowest BCUT2D eigenvalue weighted by molar-refractivity contribution is -0.140. The Labute approximate surface area is 248 Å². The van der Waals surface area contributed by atoms with Crippen molar-refractivity contribution < 1.29 is 18.0 Å². The predicted octanol–water partition coefficient (Wildman–Crippen LogP) is 5.42. The van der Waals surface area contributed by atoms with Gasteiger partial charge >= 0.3 is 0 Å². The van der Waals surface area contributed by atoms with Gasteiger partial charge in [-0.3, -0.25) is 13.9 Å². The zero-order valence-electron chi connectivity index (χ0n) is 23.8. The second kappa shape index (κ2) is 13.5. The summed E-state index contributed by atoms with van der Waals surface area (Å²) in [6.45, 7) is 3.34. The molecule has 218 valence electrons. The number of sulfonamides is 1. The van der Waals surface area contributed by atoms with Crippen LogP contribution in [0.15, 0.2) is 72.8 Å². The fraction of sp³-hybridized carbons (Fsp3) is 0.375. The number of hydrogen-bond donors (Lipinski definition) is 1. The molecule has 0 saturated heterocycles. The number of nitrogens with one attached hydrogen (secondary N) is 1. The molecular formula is C32H38ClN3O4S. The Morgan fingerprint density at radius 1 is 0.902 bits per heavy atom. The standard InChI is InChI=1S/C32H38ClN3O4S/c1-23-10-9-11-24(2)31(23)36(41(3,39)40)22-30(37)35(21-26-16-18-27(33)19-17-26)29(20-25-12-5-4-6-13-25)32(38)34-28-14-7-8-15-28/h4-6,9-13,16-19,28-29H,7-8,14-15,20-22H2,1-3H3,(H,34,38). The molecule has 0 aliphatic heterocycles. The van der Waals surface area contributed by atoms with Crippen LogP contribution < -0.4 is 9.62 Å². The monoisotopic (exact) mass is 595 g/mol.